The van der Waals surface area contributed by atoms with Crippen molar-refractivity contribution >= 4 is 5.97 Å². The average molecular weight is 213 g/mol. The lowest BCUT2D eigenvalue weighted by atomic mass is 10.1. The highest BCUT2D eigenvalue weighted by Crippen LogP contribution is 2.20. The second kappa shape index (κ2) is 6.83. The molecule has 1 atom stereocenters. The summed E-state index contributed by atoms with van der Waals surface area (Å²) in [5.41, 5.74) is 0. The van der Waals surface area contributed by atoms with Crippen molar-refractivity contribution in [3.05, 3.63) is 0 Å². The third kappa shape index (κ3) is 4.65. The Balaban J connectivity index is 2.18. The van der Waals surface area contributed by atoms with E-state index < -0.39 is 5.97 Å². The van der Waals surface area contributed by atoms with Gasteiger partial charge in [0.25, 0.3) is 0 Å². The van der Waals surface area contributed by atoms with Gasteiger partial charge in [0, 0.05) is 6.04 Å². The van der Waals surface area contributed by atoms with E-state index in [-0.39, 0.29) is 0 Å². The number of likely N-dealkylation sites (tertiary alicyclic amines) is 1. The standard InChI is InChI=1S/C12H23NO2/c1-2-3-4-5-8-13-9-6-7-11(13)10-12(14)15/h11H,2-10H2,1H3,(H,14,15). The summed E-state index contributed by atoms with van der Waals surface area (Å²) in [5, 5.41) is 8.77. The van der Waals surface area contributed by atoms with E-state index in [9.17, 15) is 4.79 Å². The van der Waals surface area contributed by atoms with Crippen LogP contribution in [0.4, 0.5) is 0 Å². The van der Waals surface area contributed by atoms with E-state index in [1.165, 1.54) is 32.1 Å². The number of hydrogen-bond acceptors (Lipinski definition) is 2. The molecule has 0 saturated carbocycles. The molecule has 88 valence electrons. The van der Waals surface area contributed by atoms with Crippen molar-refractivity contribution in [2.45, 2.75) is 57.9 Å². The van der Waals surface area contributed by atoms with Crippen LogP contribution in [-0.2, 0) is 4.79 Å². The highest BCUT2D eigenvalue weighted by Gasteiger charge is 2.25. The van der Waals surface area contributed by atoms with Gasteiger partial charge < -0.3 is 5.11 Å². The van der Waals surface area contributed by atoms with Crippen LogP contribution in [0.15, 0.2) is 0 Å². The quantitative estimate of drug-likeness (QED) is 0.661. The molecule has 0 spiro atoms. The van der Waals surface area contributed by atoms with Gasteiger partial charge in [-0.3, -0.25) is 9.69 Å². The monoisotopic (exact) mass is 213 g/mol. The smallest absolute Gasteiger partial charge is 0.304 e. The van der Waals surface area contributed by atoms with Crippen LogP contribution in [0.25, 0.3) is 0 Å². The van der Waals surface area contributed by atoms with Crippen molar-refractivity contribution < 1.29 is 9.90 Å². The van der Waals surface area contributed by atoms with E-state index >= 15 is 0 Å². The van der Waals surface area contributed by atoms with Crippen molar-refractivity contribution in [1.29, 1.82) is 0 Å². The number of carboxylic acids is 1. The normalized spacial score (nSPS) is 22.1. The summed E-state index contributed by atoms with van der Waals surface area (Å²) in [7, 11) is 0. The molecule has 0 aliphatic carbocycles. The number of hydrogen-bond donors (Lipinski definition) is 1. The fraction of sp³-hybridized carbons (Fsp3) is 0.917. The Morgan fingerprint density at radius 3 is 2.87 bits per heavy atom. The molecule has 1 unspecified atom stereocenters. The van der Waals surface area contributed by atoms with Crippen molar-refractivity contribution in [2.24, 2.45) is 0 Å². The molecule has 1 aliphatic rings. The van der Waals surface area contributed by atoms with Gasteiger partial charge in [0.05, 0.1) is 6.42 Å². The molecule has 15 heavy (non-hydrogen) atoms. The van der Waals surface area contributed by atoms with Gasteiger partial charge in [-0.1, -0.05) is 26.2 Å². The molecule has 1 rings (SSSR count). The van der Waals surface area contributed by atoms with Gasteiger partial charge in [0.1, 0.15) is 0 Å². The van der Waals surface area contributed by atoms with E-state index in [0.29, 0.717) is 12.5 Å². The first-order chi connectivity index (χ1) is 7.24. The molecule has 0 aromatic carbocycles. The largest absolute Gasteiger partial charge is 0.481 e. The van der Waals surface area contributed by atoms with E-state index in [1.807, 2.05) is 0 Å². The number of aliphatic carboxylic acids is 1. The molecule has 0 radical (unpaired) electrons. The first kappa shape index (κ1) is 12.5. The fourth-order valence-electron chi connectivity index (χ4n) is 2.36. The minimum absolute atomic E-state index is 0.309. The molecule has 3 nitrogen and oxygen atoms in total. The minimum Gasteiger partial charge on any atom is -0.481 e. The van der Waals surface area contributed by atoms with Crippen molar-refractivity contribution in [3.8, 4) is 0 Å². The number of unbranched alkanes of at least 4 members (excludes halogenated alkanes) is 3. The summed E-state index contributed by atoms with van der Waals surface area (Å²) in [6.07, 6.45) is 7.65. The summed E-state index contributed by atoms with van der Waals surface area (Å²) in [4.78, 5) is 13.0. The van der Waals surface area contributed by atoms with Gasteiger partial charge >= 0.3 is 5.97 Å². The van der Waals surface area contributed by atoms with Gasteiger partial charge in [-0.15, -0.1) is 0 Å². The lowest BCUT2D eigenvalue weighted by molar-refractivity contribution is -0.138. The maximum atomic E-state index is 10.7. The third-order valence-corrected chi connectivity index (χ3v) is 3.21. The summed E-state index contributed by atoms with van der Waals surface area (Å²) < 4.78 is 0. The number of carbonyl (C=O) groups is 1. The molecule has 1 fully saturated rings. The van der Waals surface area contributed by atoms with Gasteiger partial charge in [0.15, 0.2) is 0 Å². The molecule has 0 aromatic rings. The molecule has 1 aliphatic heterocycles. The Hall–Kier alpha value is -0.570. The number of nitrogens with zero attached hydrogens (tertiary/aromatic N) is 1. The van der Waals surface area contributed by atoms with Crippen molar-refractivity contribution in [3.63, 3.8) is 0 Å². The summed E-state index contributed by atoms with van der Waals surface area (Å²) in [5.74, 6) is -0.652. The zero-order valence-electron chi connectivity index (χ0n) is 9.74. The van der Waals surface area contributed by atoms with Crippen LogP contribution in [-0.4, -0.2) is 35.1 Å². The summed E-state index contributed by atoms with van der Waals surface area (Å²) in [6, 6.07) is 0.309. The van der Waals surface area contributed by atoms with Crippen LogP contribution in [0.1, 0.15) is 51.9 Å². The molecule has 1 N–H and O–H groups in total. The lowest BCUT2D eigenvalue weighted by Crippen LogP contribution is -2.32. The molecular formula is C12H23NO2. The first-order valence-electron chi connectivity index (χ1n) is 6.20. The Kier molecular flexibility index (Phi) is 5.69. The SMILES string of the molecule is CCCCCCN1CCCC1CC(=O)O. The van der Waals surface area contributed by atoms with Gasteiger partial charge in [-0.05, 0) is 32.4 Å². The molecule has 1 heterocycles. The number of carboxylic acid groups (broad SMARTS) is 1. The third-order valence-electron chi connectivity index (χ3n) is 3.21. The second-order valence-corrected chi connectivity index (χ2v) is 4.49. The molecular weight excluding hydrogens is 190 g/mol. The molecule has 0 amide bonds. The zero-order valence-corrected chi connectivity index (χ0v) is 9.74. The zero-order chi connectivity index (χ0) is 11.1. The van der Waals surface area contributed by atoms with E-state index in [2.05, 4.69) is 11.8 Å². The minimum atomic E-state index is -0.652. The van der Waals surface area contributed by atoms with Crippen LogP contribution in [0.3, 0.4) is 0 Å². The Labute approximate surface area is 92.5 Å². The van der Waals surface area contributed by atoms with Crippen LogP contribution in [0, 0.1) is 0 Å². The first-order valence-corrected chi connectivity index (χ1v) is 6.20. The van der Waals surface area contributed by atoms with Crippen LogP contribution >= 0.6 is 0 Å². The van der Waals surface area contributed by atoms with Crippen LogP contribution in [0.5, 0.6) is 0 Å². The van der Waals surface area contributed by atoms with Gasteiger partial charge in [-0.25, -0.2) is 0 Å². The van der Waals surface area contributed by atoms with Crippen LogP contribution in [0.2, 0.25) is 0 Å². The molecule has 1 saturated heterocycles. The van der Waals surface area contributed by atoms with E-state index in [0.717, 1.165) is 19.5 Å². The van der Waals surface area contributed by atoms with E-state index in [4.69, 9.17) is 5.11 Å². The predicted octanol–water partition coefficient (Wildman–Crippen LogP) is 2.51. The average Bonchev–Trinajstić information content (AvgIpc) is 2.59. The van der Waals surface area contributed by atoms with Crippen molar-refractivity contribution in [1.82, 2.24) is 4.90 Å². The number of rotatable bonds is 7. The fourth-order valence-corrected chi connectivity index (χ4v) is 2.36. The predicted molar refractivity (Wildman–Crippen MR) is 61.0 cm³/mol. The van der Waals surface area contributed by atoms with Gasteiger partial charge in [0.2, 0.25) is 0 Å². The van der Waals surface area contributed by atoms with Crippen LogP contribution < -0.4 is 0 Å². The van der Waals surface area contributed by atoms with Crippen molar-refractivity contribution in [2.75, 3.05) is 13.1 Å². The lowest BCUT2D eigenvalue weighted by Gasteiger charge is -2.22. The Morgan fingerprint density at radius 2 is 2.20 bits per heavy atom. The molecule has 3 heteroatoms. The summed E-state index contributed by atoms with van der Waals surface area (Å²) in [6.45, 7) is 4.41. The maximum Gasteiger partial charge on any atom is 0.304 e. The Morgan fingerprint density at radius 1 is 1.40 bits per heavy atom. The second-order valence-electron chi connectivity index (χ2n) is 4.49. The van der Waals surface area contributed by atoms with Gasteiger partial charge in [-0.2, -0.15) is 0 Å². The highest BCUT2D eigenvalue weighted by atomic mass is 16.4. The van der Waals surface area contributed by atoms with E-state index in [1.54, 1.807) is 0 Å². The summed E-state index contributed by atoms with van der Waals surface area (Å²) >= 11 is 0. The molecule has 0 aromatic heterocycles. The topological polar surface area (TPSA) is 40.5 Å². The Bertz CT molecular complexity index is 194. The highest BCUT2D eigenvalue weighted by molar-refractivity contribution is 5.67. The molecule has 0 bridgehead atoms. The maximum absolute atomic E-state index is 10.7.